The second-order valence-corrected chi connectivity index (χ2v) is 7.72. The third kappa shape index (κ3) is 2.48. The Hall–Kier alpha value is -1.60. The average Bonchev–Trinajstić information content (AvgIpc) is 2.81. The molecule has 2 N–H and O–H groups in total. The fourth-order valence-corrected chi connectivity index (χ4v) is 4.91. The minimum Gasteiger partial charge on any atom is -0.396 e. The van der Waals surface area contributed by atoms with Crippen LogP contribution in [0.4, 0.5) is 5.69 Å². The van der Waals surface area contributed by atoms with Crippen LogP contribution in [-0.2, 0) is 12.8 Å². The van der Waals surface area contributed by atoms with E-state index in [0.717, 1.165) is 40.8 Å². The van der Waals surface area contributed by atoms with E-state index in [1.165, 1.54) is 35.4 Å². The van der Waals surface area contributed by atoms with E-state index in [2.05, 4.69) is 32.9 Å². The summed E-state index contributed by atoms with van der Waals surface area (Å²) in [4.78, 5) is 6.31. The molecule has 2 unspecified atom stereocenters. The Morgan fingerprint density at radius 3 is 2.91 bits per heavy atom. The second kappa shape index (κ2) is 5.89. The van der Waals surface area contributed by atoms with Gasteiger partial charge in [0.2, 0.25) is 0 Å². The van der Waals surface area contributed by atoms with Gasteiger partial charge in [0.15, 0.2) is 0 Å². The fraction of sp³-hybridized carbons (Fsp3) is 0.556. The SMILES string of the molecule is CCC(C(C)C)C1CCc2nc3sc(C#N)c(N)c3cc2C1. The summed E-state index contributed by atoms with van der Waals surface area (Å²) in [5.41, 5.74) is 9.27. The predicted molar refractivity (Wildman–Crippen MR) is 92.9 cm³/mol. The molecular weight excluding hydrogens is 290 g/mol. The number of pyridine rings is 1. The molecule has 0 saturated heterocycles. The number of hydrogen-bond acceptors (Lipinski definition) is 4. The molecule has 0 radical (unpaired) electrons. The van der Waals surface area contributed by atoms with E-state index in [1.807, 2.05) is 0 Å². The average molecular weight is 313 g/mol. The quantitative estimate of drug-likeness (QED) is 0.905. The van der Waals surface area contributed by atoms with Crippen LogP contribution >= 0.6 is 11.3 Å². The summed E-state index contributed by atoms with van der Waals surface area (Å²) in [5.74, 6) is 2.25. The van der Waals surface area contributed by atoms with Gasteiger partial charge in [-0.3, -0.25) is 0 Å². The smallest absolute Gasteiger partial charge is 0.130 e. The van der Waals surface area contributed by atoms with Crippen LogP contribution in [0.5, 0.6) is 0 Å². The molecule has 3 nitrogen and oxygen atoms in total. The molecule has 0 amide bonds. The van der Waals surface area contributed by atoms with Crippen molar-refractivity contribution in [2.24, 2.45) is 17.8 Å². The third-order valence-electron chi connectivity index (χ3n) is 5.16. The van der Waals surface area contributed by atoms with Crippen molar-refractivity contribution >= 4 is 27.2 Å². The highest BCUT2D eigenvalue weighted by Crippen LogP contribution is 2.39. The lowest BCUT2D eigenvalue weighted by Crippen LogP contribution is -2.26. The number of nitrogens with two attached hydrogens (primary N) is 1. The standard InChI is InChI=1S/C18H23N3S/c1-4-13(10(2)3)11-5-6-15-12(7-11)8-14-17(20)16(9-19)22-18(14)21-15/h8,10-11,13H,4-7,20H2,1-3H3. The molecular formula is C18H23N3S. The van der Waals surface area contributed by atoms with Crippen LogP contribution in [0.3, 0.4) is 0 Å². The first kappa shape index (κ1) is 15.3. The molecule has 1 aliphatic rings. The van der Waals surface area contributed by atoms with Gasteiger partial charge in [0.25, 0.3) is 0 Å². The molecule has 2 atom stereocenters. The number of anilines is 1. The van der Waals surface area contributed by atoms with Crippen molar-refractivity contribution in [3.8, 4) is 6.07 Å². The van der Waals surface area contributed by atoms with Gasteiger partial charge < -0.3 is 5.73 Å². The first-order valence-electron chi connectivity index (χ1n) is 8.16. The number of nitriles is 1. The molecule has 3 rings (SSSR count). The summed E-state index contributed by atoms with van der Waals surface area (Å²) in [6.07, 6.45) is 4.63. The molecule has 1 aliphatic carbocycles. The van der Waals surface area contributed by atoms with Gasteiger partial charge in [0.1, 0.15) is 15.8 Å². The number of aryl methyl sites for hydroxylation is 1. The van der Waals surface area contributed by atoms with Crippen LogP contribution in [0.2, 0.25) is 0 Å². The minimum atomic E-state index is 0.593. The van der Waals surface area contributed by atoms with E-state index in [9.17, 15) is 0 Å². The summed E-state index contributed by atoms with van der Waals surface area (Å²) in [6.45, 7) is 6.97. The zero-order valence-electron chi connectivity index (χ0n) is 13.5. The maximum atomic E-state index is 9.15. The Balaban J connectivity index is 1.99. The first-order chi connectivity index (χ1) is 10.5. The Morgan fingerprint density at radius 2 is 2.27 bits per heavy atom. The number of hydrogen-bond donors (Lipinski definition) is 1. The molecule has 4 heteroatoms. The number of thiophene rings is 1. The summed E-state index contributed by atoms with van der Waals surface area (Å²) < 4.78 is 0. The van der Waals surface area contributed by atoms with Crippen molar-refractivity contribution in [1.29, 1.82) is 5.26 Å². The van der Waals surface area contributed by atoms with Gasteiger partial charge in [-0.05, 0) is 48.6 Å². The number of aromatic nitrogens is 1. The Labute approximate surface area is 136 Å². The molecule has 0 bridgehead atoms. The number of fused-ring (bicyclic) bond motifs is 2. The maximum absolute atomic E-state index is 9.15. The molecule has 116 valence electrons. The van der Waals surface area contributed by atoms with Crippen LogP contribution in [-0.4, -0.2) is 4.98 Å². The largest absolute Gasteiger partial charge is 0.396 e. The molecule has 0 aliphatic heterocycles. The van der Waals surface area contributed by atoms with E-state index in [0.29, 0.717) is 10.6 Å². The van der Waals surface area contributed by atoms with Crippen molar-refractivity contribution < 1.29 is 0 Å². The van der Waals surface area contributed by atoms with Gasteiger partial charge in [0, 0.05) is 11.1 Å². The zero-order valence-corrected chi connectivity index (χ0v) is 14.3. The normalized spacial score (nSPS) is 19.1. The van der Waals surface area contributed by atoms with Gasteiger partial charge >= 0.3 is 0 Å². The molecule has 0 fully saturated rings. The summed E-state index contributed by atoms with van der Waals surface area (Å²) in [5, 5.41) is 10.1. The van der Waals surface area contributed by atoms with Crippen LogP contribution < -0.4 is 5.73 Å². The van der Waals surface area contributed by atoms with E-state index >= 15 is 0 Å². The molecule has 22 heavy (non-hydrogen) atoms. The van der Waals surface area contributed by atoms with Crippen molar-refractivity contribution in [3.05, 3.63) is 22.2 Å². The van der Waals surface area contributed by atoms with E-state index in [1.54, 1.807) is 0 Å². The monoisotopic (exact) mass is 313 g/mol. The predicted octanol–water partition coefficient (Wildman–Crippen LogP) is 4.54. The van der Waals surface area contributed by atoms with Gasteiger partial charge in [-0.15, -0.1) is 11.3 Å². The fourth-order valence-electron chi connectivity index (χ4n) is 4.02. The van der Waals surface area contributed by atoms with Crippen LogP contribution in [0.25, 0.3) is 10.2 Å². The maximum Gasteiger partial charge on any atom is 0.130 e. The third-order valence-corrected chi connectivity index (χ3v) is 6.18. The van der Waals surface area contributed by atoms with Crippen molar-refractivity contribution in [3.63, 3.8) is 0 Å². The first-order valence-corrected chi connectivity index (χ1v) is 8.97. The topological polar surface area (TPSA) is 62.7 Å². The summed E-state index contributed by atoms with van der Waals surface area (Å²) >= 11 is 1.42. The lowest BCUT2D eigenvalue weighted by Gasteiger charge is -2.33. The molecule has 0 aromatic carbocycles. The lowest BCUT2D eigenvalue weighted by molar-refractivity contribution is 0.222. The minimum absolute atomic E-state index is 0.593. The van der Waals surface area contributed by atoms with Gasteiger partial charge in [-0.1, -0.05) is 27.2 Å². The van der Waals surface area contributed by atoms with Gasteiger partial charge in [-0.25, -0.2) is 4.98 Å². The second-order valence-electron chi connectivity index (χ2n) is 6.72. The Kier molecular flexibility index (Phi) is 4.10. The molecule has 2 aromatic heterocycles. The van der Waals surface area contributed by atoms with E-state index in [-0.39, 0.29) is 0 Å². The summed E-state index contributed by atoms with van der Waals surface area (Å²) in [6, 6.07) is 4.38. The number of nitrogen functional groups attached to an aromatic ring is 1. The van der Waals surface area contributed by atoms with Crippen LogP contribution in [0.1, 0.15) is 49.7 Å². The molecule has 2 aromatic rings. The molecule has 0 spiro atoms. The Morgan fingerprint density at radius 1 is 1.50 bits per heavy atom. The highest BCUT2D eigenvalue weighted by Gasteiger charge is 2.28. The zero-order chi connectivity index (χ0) is 15.9. The number of rotatable bonds is 3. The number of nitrogens with zero attached hydrogens (tertiary/aromatic N) is 2. The molecule has 2 heterocycles. The highest BCUT2D eigenvalue weighted by molar-refractivity contribution is 7.19. The van der Waals surface area contributed by atoms with Crippen LogP contribution in [0.15, 0.2) is 6.07 Å². The van der Waals surface area contributed by atoms with Crippen molar-refractivity contribution in [1.82, 2.24) is 4.98 Å². The van der Waals surface area contributed by atoms with Gasteiger partial charge in [-0.2, -0.15) is 5.26 Å². The van der Waals surface area contributed by atoms with Gasteiger partial charge in [0.05, 0.1) is 5.69 Å². The van der Waals surface area contributed by atoms with E-state index < -0.39 is 0 Å². The van der Waals surface area contributed by atoms with Crippen molar-refractivity contribution in [2.45, 2.75) is 46.5 Å². The lowest BCUT2D eigenvalue weighted by atomic mass is 9.73. The highest BCUT2D eigenvalue weighted by atomic mass is 32.1. The Bertz CT molecular complexity index is 739. The summed E-state index contributed by atoms with van der Waals surface area (Å²) in [7, 11) is 0. The van der Waals surface area contributed by atoms with E-state index in [4.69, 9.17) is 16.0 Å². The van der Waals surface area contributed by atoms with Crippen LogP contribution in [0, 0.1) is 29.1 Å². The van der Waals surface area contributed by atoms with Crippen molar-refractivity contribution in [2.75, 3.05) is 5.73 Å². The molecule has 0 saturated carbocycles.